The molecule has 1 aliphatic heterocycles. The number of carbonyl (C=O) groups is 1. The number of aryl methyl sites for hydroxylation is 1. The normalized spacial score (nSPS) is 18.2. The minimum absolute atomic E-state index is 0.0945. The van der Waals surface area contributed by atoms with Crippen molar-refractivity contribution in [3.63, 3.8) is 0 Å². The van der Waals surface area contributed by atoms with Gasteiger partial charge in [-0.05, 0) is 0 Å². The number of H-pyrrole nitrogens is 1. The molecular formula is C47H59N4O11P. The number of ether oxygens (including phenoxy) is 5. The van der Waals surface area contributed by atoms with E-state index >= 15 is 0 Å². The van der Waals surface area contributed by atoms with Gasteiger partial charge in [-0.3, -0.25) is 0 Å². The number of methoxy groups -OCH3 is 3. The first-order valence-corrected chi connectivity index (χ1v) is 22.7. The average molecular weight is 887 g/mol. The summed E-state index contributed by atoms with van der Waals surface area (Å²) in [6, 6.07) is 30.7. The van der Waals surface area contributed by atoms with Crippen LogP contribution >= 0.6 is 8.02 Å². The summed E-state index contributed by atoms with van der Waals surface area (Å²) in [7, 11) is 0.416. The van der Waals surface area contributed by atoms with E-state index in [2.05, 4.69) is 10.1 Å². The van der Waals surface area contributed by atoms with Gasteiger partial charge >= 0.3 is 369 Å². The molecule has 1 amide bonds. The molecule has 15 nitrogen and oxygen atoms in total. The van der Waals surface area contributed by atoms with Crippen molar-refractivity contribution in [1.82, 2.24) is 19.3 Å². The van der Waals surface area contributed by atoms with Crippen molar-refractivity contribution in [3.8, 4) is 17.2 Å². The molecule has 0 aliphatic carbocycles. The molecule has 338 valence electrons. The van der Waals surface area contributed by atoms with Crippen LogP contribution in [0, 0.1) is 6.92 Å². The van der Waals surface area contributed by atoms with E-state index in [0.717, 1.165) is 16.7 Å². The fourth-order valence-corrected chi connectivity index (χ4v) is 11.6. The number of aromatic nitrogens is 2. The summed E-state index contributed by atoms with van der Waals surface area (Å²) < 4.78 is 47.1. The molecule has 1 aromatic heterocycles. The number of nitrogens with zero attached hydrogens (tertiary/aromatic N) is 2. The van der Waals surface area contributed by atoms with Crippen molar-refractivity contribution >= 4 is 13.9 Å². The molecular weight excluding hydrogens is 828 g/mol. The number of amides is 1. The summed E-state index contributed by atoms with van der Waals surface area (Å²) in [5, 5.41) is 16.4. The maximum atomic E-state index is 14.3. The zero-order chi connectivity index (χ0) is 45.5. The SMILES string of the molecule is CCO[PH](NC(=O)c1ccc(OC)cc1)(O[C@@]1(O)C[C@H](n2cc(C)c(=O)[nH]c2=O)O[C@@H]1COC(c1ccccc1)(c1ccc(OC)cc1)c1ccc(OC)cc1)N(C(C)C)C(C)C. The van der Waals surface area contributed by atoms with Crippen LogP contribution in [-0.2, 0) is 24.1 Å². The summed E-state index contributed by atoms with van der Waals surface area (Å²) >= 11 is 0. The molecule has 0 bridgehead atoms. The molecule has 63 heavy (non-hydrogen) atoms. The van der Waals surface area contributed by atoms with Crippen LogP contribution in [0.15, 0.2) is 119 Å². The van der Waals surface area contributed by atoms with Gasteiger partial charge in [-0.2, -0.15) is 0 Å². The molecule has 0 radical (unpaired) electrons. The molecule has 5 aromatic rings. The first kappa shape index (κ1) is 47.1. The van der Waals surface area contributed by atoms with Crippen molar-refractivity contribution in [1.29, 1.82) is 0 Å². The van der Waals surface area contributed by atoms with Gasteiger partial charge in [0.05, 0.1) is 0 Å². The summed E-state index contributed by atoms with van der Waals surface area (Å²) in [6.07, 6.45) is -1.46. The second-order valence-corrected chi connectivity index (χ2v) is 18.2. The average Bonchev–Trinajstić information content (AvgIpc) is 3.60. The Labute approximate surface area is 368 Å². The Bertz CT molecular complexity index is 2350. The van der Waals surface area contributed by atoms with E-state index in [4.69, 9.17) is 32.7 Å². The molecule has 0 saturated carbocycles. The zero-order valence-corrected chi connectivity index (χ0v) is 38.2. The van der Waals surface area contributed by atoms with Gasteiger partial charge in [0.25, 0.3) is 0 Å². The monoisotopic (exact) mass is 886 g/mol. The van der Waals surface area contributed by atoms with E-state index < -0.39 is 48.9 Å². The van der Waals surface area contributed by atoms with E-state index in [1.54, 1.807) is 52.3 Å². The number of nitrogens with one attached hydrogen (secondary N) is 2. The predicted octanol–water partition coefficient (Wildman–Crippen LogP) is 6.87. The molecule has 3 atom stereocenters. The molecule has 0 unspecified atom stereocenters. The van der Waals surface area contributed by atoms with Crippen LogP contribution in [0.5, 0.6) is 17.2 Å². The molecule has 1 fully saturated rings. The van der Waals surface area contributed by atoms with E-state index in [0.29, 0.717) is 22.8 Å². The Kier molecular flexibility index (Phi) is 14.9. The molecule has 2 heterocycles. The van der Waals surface area contributed by atoms with Crippen LogP contribution in [0.2, 0.25) is 0 Å². The Balaban J connectivity index is 1.53. The molecule has 16 heteroatoms. The van der Waals surface area contributed by atoms with Gasteiger partial charge in [-0.15, -0.1) is 0 Å². The van der Waals surface area contributed by atoms with Gasteiger partial charge in [0.2, 0.25) is 0 Å². The van der Waals surface area contributed by atoms with Crippen molar-refractivity contribution in [2.75, 3.05) is 34.5 Å². The predicted molar refractivity (Wildman–Crippen MR) is 241 cm³/mol. The maximum absolute atomic E-state index is 14.3. The minimum atomic E-state index is -4.31. The van der Waals surface area contributed by atoms with Crippen molar-refractivity contribution in [3.05, 3.63) is 158 Å². The third kappa shape index (κ3) is 9.90. The topological polar surface area (TPSA) is 172 Å². The fraction of sp³-hybridized carbons (Fsp3) is 0.383. The Morgan fingerprint density at radius 3 is 1.86 bits per heavy atom. The van der Waals surface area contributed by atoms with Crippen LogP contribution in [0.25, 0.3) is 0 Å². The van der Waals surface area contributed by atoms with Crippen molar-refractivity contribution in [2.45, 2.75) is 83.8 Å². The molecule has 6 rings (SSSR count). The van der Waals surface area contributed by atoms with Crippen molar-refractivity contribution in [2.24, 2.45) is 0 Å². The second-order valence-electron chi connectivity index (χ2n) is 15.8. The Morgan fingerprint density at radius 2 is 1.37 bits per heavy atom. The number of rotatable bonds is 19. The number of hydrogen-bond donors (Lipinski definition) is 3. The van der Waals surface area contributed by atoms with E-state index in [1.165, 1.54) is 17.9 Å². The molecule has 0 spiro atoms. The van der Waals surface area contributed by atoms with Gasteiger partial charge < -0.3 is 0 Å². The number of hydrogen-bond acceptors (Lipinski definition) is 12. The van der Waals surface area contributed by atoms with E-state index in [9.17, 15) is 19.5 Å². The quantitative estimate of drug-likeness (QED) is 0.0448. The fourth-order valence-electron chi connectivity index (χ4n) is 8.19. The van der Waals surface area contributed by atoms with Gasteiger partial charge in [0.1, 0.15) is 0 Å². The number of aromatic amines is 1. The first-order chi connectivity index (χ1) is 30.1. The van der Waals surface area contributed by atoms with Crippen LogP contribution in [0.1, 0.15) is 79.9 Å². The second kappa shape index (κ2) is 20.0. The third-order valence-corrected chi connectivity index (χ3v) is 14.7. The van der Waals surface area contributed by atoms with Gasteiger partial charge in [0.15, 0.2) is 0 Å². The standard InChI is InChI=1S/C47H59N4O11P/c1-10-60-63(51(31(2)3)32(4)5,49-44(53)34-16-22-38(56-7)23-17-34)62-46(55)28-42(50-29-33(6)43(52)48-45(50)54)61-41(46)30-59-47(35-14-12-11-13-15-35,36-18-24-39(57-8)25-19-36)37-20-26-40(58-9)27-21-37/h11-27,29,31-32,41-42,55,63H,10,28,30H2,1-9H3,(H,49,53)(H,48,52,54)/t41-,42-,46+/m1/s1. The molecule has 4 aromatic carbocycles. The van der Waals surface area contributed by atoms with Gasteiger partial charge in [0, 0.05) is 0 Å². The number of benzene rings is 4. The summed E-state index contributed by atoms with van der Waals surface area (Å²) in [5.41, 5.74) is 0.109. The summed E-state index contributed by atoms with van der Waals surface area (Å²) in [6.45, 7) is 10.9. The summed E-state index contributed by atoms with van der Waals surface area (Å²) in [5.74, 6) is -0.971. The molecule has 1 aliphatic rings. The van der Waals surface area contributed by atoms with E-state index in [-0.39, 0.29) is 37.3 Å². The van der Waals surface area contributed by atoms with E-state index in [1.807, 2.05) is 111 Å². The Hall–Kier alpha value is -5.38. The van der Waals surface area contributed by atoms with Gasteiger partial charge in [-0.1, -0.05) is 0 Å². The van der Waals surface area contributed by atoms with Crippen LogP contribution in [-0.4, -0.2) is 83.8 Å². The van der Waals surface area contributed by atoms with Crippen LogP contribution in [0.3, 0.4) is 0 Å². The number of aliphatic hydroxyl groups is 1. The van der Waals surface area contributed by atoms with Crippen LogP contribution < -0.4 is 30.5 Å². The summed E-state index contributed by atoms with van der Waals surface area (Å²) in [4.78, 5) is 42.7. The first-order valence-electron chi connectivity index (χ1n) is 20.9. The zero-order valence-electron chi connectivity index (χ0n) is 37.2. The van der Waals surface area contributed by atoms with Gasteiger partial charge in [-0.25, -0.2) is 0 Å². The Morgan fingerprint density at radius 1 is 0.857 bits per heavy atom. The third-order valence-electron chi connectivity index (χ3n) is 11.1. The van der Waals surface area contributed by atoms with Crippen molar-refractivity contribution < 1.29 is 42.6 Å². The molecule has 3 N–H and O–H groups in total. The molecule has 1 saturated heterocycles. The number of carbonyl (C=O) groups excluding carboxylic acids is 1. The van der Waals surface area contributed by atoms with Crippen LogP contribution in [0.4, 0.5) is 0 Å².